The Kier molecular flexibility index (Phi) is 4.35. The molecule has 5 heteroatoms. The topological polar surface area (TPSA) is 53.6 Å². The van der Waals surface area contributed by atoms with Crippen LogP contribution in [0.4, 0.5) is 10.2 Å². The lowest BCUT2D eigenvalue weighted by Gasteiger charge is -2.15. The average Bonchev–Trinajstić information content (AvgIpc) is 3.07. The van der Waals surface area contributed by atoms with Crippen LogP contribution in [-0.4, -0.2) is 15.0 Å². The number of anilines is 1. The molecule has 0 bridgehead atoms. The molecule has 2 N–H and O–H groups in total. The molecule has 4 aromatic rings. The van der Waals surface area contributed by atoms with E-state index in [0.29, 0.717) is 5.56 Å². The summed E-state index contributed by atoms with van der Waals surface area (Å²) in [5, 5.41) is 4.38. The SMILES string of the molecule is CC(Nc1ccc(Cc2c[nH]c3ncccc23)cn1)c1ccccc1F. The van der Waals surface area contributed by atoms with E-state index in [2.05, 4.69) is 26.3 Å². The maximum atomic E-state index is 13.9. The van der Waals surface area contributed by atoms with Crippen molar-refractivity contribution < 1.29 is 4.39 Å². The normalized spacial score (nSPS) is 12.2. The molecule has 0 amide bonds. The summed E-state index contributed by atoms with van der Waals surface area (Å²) in [4.78, 5) is 12.0. The molecule has 0 saturated carbocycles. The predicted octanol–water partition coefficient (Wildman–Crippen LogP) is 4.86. The Bertz CT molecular complexity index is 1020. The molecule has 0 aliphatic rings. The first-order valence-corrected chi connectivity index (χ1v) is 8.57. The van der Waals surface area contributed by atoms with Crippen molar-refractivity contribution in [2.75, 3.05) is 5.32 Å². The van der Waals surface area contributed by atoms with E-state index in [4.69, 9.17) is 0 Å². The molecule has 0 spiro atoms. The zero-order valence-electron chi connectivity index (χ0n) is 14.4. The number of nitrogens with zero attached hydrogens (tertiary/aromatic N) is 2. The summed E-state index contributed by atoms with van der Waals surface area (Å²) in [6, 6.07) is 14.6. The van der Waals surface area contributed by atoms with E-state index < -0.39 is 0 Å². The number of hydrogen-bond acceptors (Lipinski definition) is 3. The first-order valence-electron chi connectivity index (χ1n) is 8.57. The van der Waals surface area contributed by atoms with E-state index in [-0.39, 0.29) is 11.9 Å². The van der Waals surface area contributed by atoms with Gasteiger partial charge in [-0.05, 0) is 42.3 Å². The van der Waals surface area contributed by atoms with Gasteiger partial charge in [0.05, 0.1) is 6.04 Å². The van der Waals surface area contributed by atoms with Gasteiger partial charge >= 0.3 is 0 Å². The van der Waals surface area contributed by atoms with Gasteiger partial charge in [0.1, 0.15) is 17.3 Å². The molecule has 0 saturated heterocycles. The monoisotopic (exact) mass is 346 g/mol. The summed E-state index contributed by atoms with van der Waals surface area (Å²) < 4.78 is 13.9. The van der Waals surface area contributed by atoms with Crippen molar-refractivity contribution in [3.05, 3.63) is 89.6 Å². The van der Waals surface area contributed by atoms with Gasteiger partial charge in [-0.1, -0.05) is 24.3 Å². The molecule has 0 aliphatic heterocycles. The van der Waals surface area contributed by atoms with Crippen molar-refractivity contribution in [3.8, 4) is 0 Å². The van der Waals surface area contributed by atoms with Crippen LogP contribution < -0.4 is 5.32 Å². The molecule has 1 aromatic carbocycles. The van der Waals surface area contributed by atoms with Gasteiger partial charge in [0, 0.05) is 36.0 Å². The molecule has 1 atom stereocenters. The highest BCUT2D eigenvalue weighted by Crippen LogP contribution is 2.22. The first-order chi connectivity index (χ1) is 12.7. The molecule has 26 heavy (non-hydrogen) atoms. The number of aromatic nitrogens is 3. The smallest absolute Gasteiger partial charge is 0.137 e. The summed E-state index contributed by atoms with van der Waals surface area (Å²) >= 11 is 0. The number of halogens is 1. The number of rotatable bonds is 5. The lowest BCUT2D eigenvalue weighted by Crippen LogP contribution is -2.09. The minimum atomic E-state index is -0.211. The van der Waals surface area contributed by atoms with Gasteiger partial charge < -0.3 is 10.3 Å². The minimum absolute atomic E-state index is 0.158. The van der Waals surface area contributed by atoms with Gasteiger partial charge in [0.25, 0.3) is 0 Å². The van der Waals surface area contributed by atoms with E-state index in [1.165, 1.54) is 11.6 Å². The van der Waals surface area contributed by atoms with E-state index in [9.17, 15) is 4.39 Å². The average molecular weight is 346 g/mol. The largest absolute Gasteiger partial charge is 0.363 e. The van der Waals surface area contributed by atoms with Crippen molar-refractivity contribution in [2.24, 2.45) is 0 Å². The van der Waals surface area contributed by atoms with E-state index in [1.807, 2.05) is 43.6 Å². The molecule has 1 unspecified atom stereocenters. The summed E-state index contributed by atoms with van der Waals surface area (Å²) in [6.07, 6.45) is 6.40. The number of H-pyrrole nitrogens is 1. The third kappa shape index (κ3) is 3.28. The van der Waals surface area contributed by atoms with Gasteiger partial charge in [0.2, 0.25) is 0 Å². The Labute approximate surface area is 151 Å². The second kappa shape index (κ2) is 6.96. The Balaban J connectivity index is 1.48. The van der Waals surface area contributed by atoms with Crippen LogP contribution >= 0.6 is 0 Å². The standard InChI is InChI=1S/C21H19FN4/c1-14(17-5-2-3-7-19(17)22)26-20-9-8-15(12-24-20)11-16-13-25-21-18(16)6-4-10-23-21/h2-10,12-14H,11H2,1H3,(H,23,25)(H,24,26). The fourth-order valence-electron chi connectivity index (χ4n) is 3.12. The van der Waals surface area contributed by atoms with Gasteiger partial charge in [-0.3, -0.25) is 0 Å². The third-order valence-electron chi connectivity index (χ3n) is 4.49. The lowest BCUT2D eigenvalue weighted by molar-refractivity contribution is 0.600. The number of pyridine rings is 2. The first kappa shape index (κ1) is 16.3. The maximum absolute atomic E-state index is 13.9. The fourth-order valence-corrected chi connectivity index (χ4v) is 3.12. The quantitative estimate of drug-likeness (QED) is 0.542. The highest BCUT2D eigenvalue weighted by molar-refractivity contribution is 5.79. The molecule has 0 aliphatic carbocycles. The van der Waals surface area contributed by atoms with Crippen LogP contribution in [0.5, 0.6) is 0 Å². The second-order valence-corrected chi connectivity index (χ2v) is 6.33. The highest BCUT2D eigenvalue weighted by Gasteiger charge is 2.11. The number of aromatic amines is 1. The van der Waals surface area contributed by atoms with E-state index in [0.717, 1.165) is 28.8 Å². The molecule has 3 heterocycles. The van der Waals surface area contributed by atoms with Crippen LogP contribution in [0.2, 0.25) is 0 Å². The summed E-state index contributed by atoms with van der Waals surface area (Å²) in [7, 11) is 0. The Morgan fingerprint density at radius 1 is 1.08 bits per heavy atom. The molecule has 0 radical (unpaired) electrons. The molecular formula is C21H19FN4. The van der Waals surface area contributed by atoms with Gasteiger partial charge in [-0.15, -0.1) is 0 Å². The Hall–Kier alpha value is -3.21. The second-order valence-electron chi connectivity index (χ2n) is 6.33. The molecule has 4 nitrogen and oxygen atoms in total. The van der Waals surface area contributed by atoms with Crippen molar-refractivity contribution in [1.82, 2.24) is 15.0 Å². The van der Waals surface area contributed by atoms with E-state index in [1.54, 1.807) is 18.3 Å². The number of benzene rings is 1. The molecule has 3 aromatic heterocycles. The molecule has 130 valence electrons. The highest BCUT2D eigenvalue weighted by atomic mass is 19.1. The molecule has 4 rings (SSSR count). The number of fused-ring (bicyclic) bond motifs is 1. The van der Waals surface area contributed by atoms with Crippen LogP contribution in [0.15, 0.2) is 67.1 Å². The zero-order valence-corrected chi connectivity index (χ0v) is 14.4. The van der Waals surface area contributed by atoms with Gasteiger partial charge in [0.15, 0.2) is 0 Å². The lowest BCUT2D eigenvalue weighted by atomic mass is 10.1. The summed E-state index contributed by atoms with van der Waals surface area (Å²) in [5.74, 6) is 0.516. The van der Waals surface area contributed by atoms with Crippen molar-refractivity contribution in [2.45, 2.75) is 19.4 Å². The zero-order chi connectivity index (χ0) is 17.9. The van der Waals surface area contributed by atoms with Crippen molar-refractivity contribution in [3.63, 3.8) is 0 Å². The Morgan fingerprint density at radius 2 is 1.96 bits per heavy atom. The van der Waals surface area contributed by atoms with Crippen molar-refractivity contribution >= 4 is 16.9 Å². The molecule has 0 fully saturated rings. The predicted molar refractivity (Wildman–Crippen MR) is 102 cm³/mol. The minimum Gasteiger partial charge on any atom is -0.363 e. The summed E-state index contributed by atoms with van der Waals surface area (Å²) in [6.45, 7) is 1.92. The van der Waals surface area contributed by atoms with E-state index >= 15 is 0 Å². The van der Waals surface area contributed by atoms with Gasteiger partial charge in [-0.25, -0.2) is 14.4 Å². The maximum Gasteiger partial charge on any atom is 0.137 e. The van der Waals surface area contributed by atoms with Crippen molar-refractivity contribution in [1.29, 1.82) is 0 Å². The van der Waals surface area contributed by atoms with Crippen LogP contribution in [0.1, 0.15) is 29.7 Å². The fraction of sp³-hybridized carbons (Fsp3) is 0.143. The van der Waals surface area contributed by atoms with Crippen LogP contribution in [0.25, 0.3) is 11.0 Å². The number of hydrogen-bond donors (Lipinski definition) is 2. The van der Waals surface area contributed by atoms with Gasteiger partial charge in [-0.2, -0.15) is 0 Å². The van der Waals surface area contributed by atoms with Crippen LogP contribution in [0, 0.1) is 5.82 Å². The molecular weight excluding hydrogens is 327 g/mol. The van der Waals surface area contributed by atoms with Crippen LogP contribution in [-0.2, 0) is 6.42 Å². The summed E-state index contributed by atoms with van der Waals surface area (Å²) in [5.41, 5.74) is 3.83. The Morgan fingerprint density at radius 3 is 2.77 bits per heavy atom. The number of nitrogens with one attached hydrogen (secondary N) is 2. The van der Waals surface area contributed by atoms with Crippen LogP contribution in [0.3, 0.4) is 0 Å². The third-order valence-corrected chi connectivity index (χ3v) is 4.49.